The van der Waals surface area contributed by atoms with Crippen molar-refractivity contribution in [3.63, 3.8) is 0 Å². The van der Waals surface area contributed by atoms with Crippen LogP contribution < -0.4 is 10.1 Å². The van der Waals surface area contributed by atoms with Crippen molar-refractivity contribution in [2.24, 2.45) is 5.92 Å². The van der Waals surface area contributed by atoms with E-state index < -0.39 is 0 Å². The number of rotatable bonds is 7. The van der Waals surface area contributed by atoms with E-state index in [1.807, 2.05) is 6.07 Å². The fraction of sp³-hybridized carbons (Fsp3) is 0.643. The molecule has 1 unspecified atom stereocenters. The molecule has 3 nitrogen and oxygen atoms in total. The van der Waals surface area contributed by atoms with E-state index in [0.29, 0.717) is 5.92 Å². The highest BCUT2D eigenvalue weighted by Crippen LogP contribution is 2.22. The summed E-state index contributed by atoms with van der Waals surface area (Å²) in [5.74, 6) is 1.43. The molecule has 1 heterocycles. The van der Waals surface area contributed by atoms with Crippen LogP contribution in [0.2, 0.25) is 0 Å². The van der Waals surface area contributed by atoms with Crippen molar-refractivity contribution in [3.05, 3.63) is 23.9 Å². The van der Waals surface area contributed by atoms with E-state index in [9.17, 15) is 0 Å². The molecule has 0 spiro atoms. The maximum atomic E-state index is 5.76. The minimum absolute atomic E-state index is 0.280. The van der Waals surface area contributed by atoms with E-state index in [1.54, 1.807) is 6.20 Å². The second-order valence-electron chi connectivity index (χ2n) is 4.71. The lowest BCUT2D eigenvalue weighted by Gasteiger charge is -2.16. The van der Waals surface area contributed by atoms with Crippen LogP contribution >= 0.6 is 0 Å². The molecule has 1 N–H and O–H groups in total. The Labute approximate surface area is 105 Å². The van der Waals surface area contributed by atoms with Crippen LogP contribution in [0.25, 0.3) is 0 Å². The number of nitrogens with zero attached hydrogens (tertiary/aromatic N) is 1. The molecule has 0 fully saturated rings. The standard InChI is InChI=1S/C14H24N2O/c1-5-15-12(4)13-7-6-9-16-14(13)17-10-8-11(2)3/h6-7,9,11-12,15H,5,8,10H2,1-4H3. The molecule has 1 rings (SSSR count). The third-order valence-corrected chi connectivity index (χ3v) is 2.71. The number of hydrogen-bond donors (Lipinski definition) is 1. The fourth-order valence-electron chi connectivity index (χ4n) is 1.66. The van der Waals surface area contributed by atoms with Crippen LogP contribution in [0.4, 0.5) is 0 Å². The molecular weight excluding hydrogens is 212 g/mol. The molecule has 0 bridgehead atoms. The number of pyridine rings is 1. The van der Waals surface area contributed by atoms with Gasteiger partial charge in [0, 0.05) is 17.8 Å². The summed E-state index contributed by atoms with van der Waals surface area (Å²) in [5, 5.41) is 3.38. The first kappa shape index (κ1) is 14.0. The highest BCUT2D eigenvalue weighted by molar-refractivity contribution is 5.28. The Bertz CT molecular complexity index is 326. The van der Waals surface area contributed by atoms with E-state index >= 15 is 0 Å². The van der Waals surface area contributed by atoms with Gasteiger partial charge in [0.25, 0.3) is 0 Å². The van der Waals surface area contributed by atoms with Gasteiger partial charge in [0.15, 0.2) is 0 Å². The first-order valence-electron chi connectivity index (χ1n) is 6.46. The summed E-state index contributed by atoms with van der Waals surface area (Å²) in [6, 6.07) is 4.31. The van der Waals surface area contributed by atoms with Gasteiger partial charge in [0.2, 0.25) is 5.88 Å². The second-order valence-corrected chi connectivity index (χ2v) is 4.71. The molecule has 0 aromatic carbocycles. The zero-order chi connectivity index (χ0) is 12.7. The number of hydrogen-bond acceptors (Lipinski definition) is 3. The predicted molar refractivity (Wildman–Crippen MR) is 71.3 cm³/mol. The van der Waals surface area contributed by atoms with Gasteiger partial charge in [-0.2, -0.15) is 0 Å². The van der Waals surface area contributed by atoms with Gasteiger partial charge in [-0.15, -0.1) is 0 Å². The summed E-state index contributed by atoms with van der Waals surface area (Å²) in [6.07, 6.45) is 2.85. The average molecular weight is 236 g/mol. The summed E-state index contributed by atoms with van der Waals surface area (Å²) in [6.45, 7) is 10.3. The summed E-state index contributed by atoms with van der Waals surface area (Å²) < 4.78 is 5.76. The Morgan fingerprint density at radius 3 is 2.76 bits per heavy atom. The van der Waals surface area contributed by atoms with Gasteiger partial charge in [-0.3, -0.25) is 0 Å². The van der Waals surface area contributed by atoms with Gasteiger partial charge in [0.05, 0.1) is 6.61 Å². The van der Waals surface area contributed by atoms with Gasteiger partial charge >= 0.3 is 0 Å². The van der Waals surface area contributed by atoms with Gasteiger partial charge in [-0.1, -0.05) is 26.8 Å². The molecule has 0 radical (unpaired) electrons. The highest BCUT2D eigenvalue weighted by atomic mass is 16.5. The van der Waals surface area contributed by atoms with Crippen LogP contribution in [-0.2, 0) is 0 Å². The molecule has 1 aromatic heterocycles. The molecule has 1 atom stereocenters. The van der Waals surface area contributed by atoms with Crippen molar-refractivity contribution in [3.8, 4) is 5.88 Å². The number of nitrogens with one attached hydrogen (secondary N) is 1. The van der Waals surface area contributed by atoms with E-state index in [0.717, 1.165) is 31.0 Å². The Morgan fingerprint density at radius 1 is 1.35 bits per heavy atom. The summed E-state index contributed by atoms with van der Waals surface area (Å²) in [4.78, 5) is 4.32. The van der Waals surface area contributed by atoms with Crippen molar-refractivity contribution in [2.75, 3.05) is 13.2 Å². The van der Waals surface area contributed by atoms with Crippen LogP contribution in [0.5, 0.6) is 5.88 Å². The van der Waals surface area contributed by atoms with Crippen LogP contribution in [-0.4, -0.2) is 18.1 Å². The zero-order valence-corrected chi connectivity index (χ0v) is 11.4. The molecule has 0 aliphatic rings. The van der Waals surface area contributed by atoms with Crippen molar-refractivity contribution < 1.29 is 4.74 Å². The normalized spacial score (nSPS) is 12.8. The van der Waals surface area contributed by atoms with E-state index in [-0.39, 0.29) is 6.04 Å². The Hall–Kier alpha value is -1.09. The summed E-state index contributed by atoms with van der Waals surface area (Å²) in [5.41, 5.74) is 1.14. The van der Waals surface area contributed by atoms with Gasteiger partial charge in [-0.05, 0) is 31.9 Å². The summed E-state index contributed by atoms with van der Waals surface area (Å²) >= 11 is 0. The molecule has 1 aromatic rings. The second kappa shape index (κ2) is 7.28. The number of aromatic nitrogens is 1. The first-order valence-corrected chi connectivity index (χ1v) is 6.46. The monoisotopic (exact) mass is 236 g/mol. The molecule has 17 heavy (non-hydrogen) atoms. The third-order valence-electron chi connectivity index (χ3n) is 2.71. The van der Waals surface area contributed by atoms with Gasteiger partial charge in [0.1, 0.15) is 0 Å². The molecule has 0 saturated carbocycles. The average Bonchev–Trinajstić information content (AvgIpc) is 2.29. The Kier molecular flexibility index (Phi) is 5.98. The smallest absolute Gasteiger partial charge is 0.218 e. The zero-order valence-electron chi connectivity index (χ0n) is 11.4. The van der Waals surface area contributed by atoms with Crippen molar-refractivity contribution >= 4 is 0 Å². The molecule has 0 saturated heterocycles. The van der Waals surface area contributed by atoms with Gasteiger partial charge < -0.3 is 10.1 Å². The van der Waals surface area contributed by atoms with Gasteiger partial charge in [-0.25, -0.2) is 4.98 Å². The third kappa shape index (κ3) is 4.73. The van der Waals surface area contributed by atoms with Crippen LogP contribution in [0, 0.1) is 5.92 Å². The lowest BCUT2D eigenvalue weighted by Crippen LogP contribution is -2.19. The summed E-state index contributed by atoms with van der Waals surface area (Å²) in [7, 11) is 0. The molecule has 3 heteroatoms. The van der Waals surface area contributed by atoms with E-state index in [2.05, 4.69) is 44.1 Å². The molecule has 0 aliphatic carbocycles. The quantitative estimate of drug-likeness (QED) is 0.789. The van der Waals surface area contributed by atoms with Crippen molar-refractivity contribution in [2.45, 2.75) is 40.2 Å². The first-order chi connectivity index (χ1) is 8.15. The maximum Gasteiger partial charge on any atom is 0.218 e. The topological polar surface area (TPSA) is 34.2 Å². The highest BCUT2D eigenvalue weighted by Gasteiger charge is 2.11. The van der Waals surface area contributed by atoms with Crippen LogP contribution in [0.1, 0.15) is 45.7 Å². The lowest BCUT2D eigenvalue weighted by molar-refractivity contribution is 0.274. The minimum atomic E-state index is 0.280. The Balaban J connectivity index is 2.63. The molecular formula is C14H24N2O. The predicted octanol–water partition coefficient (Wildman–Crippen LogP) is 3.18. The largest absolute Gasteiger partial charge is 0.477 e. The SMILES string of the molecule is CCNC(C)c1cccnc1OCCC(C)C. The van der Waals surface area contributed by atoms with E-state index in [4.69, 9.17) is 4.74 Å². The van der Waals surface area contributed by atoms with Crippen LogP contribution in [0.15, 0.2) is 18.3 Å². The van der Waals surface area contributed by atoms with E-state index in [1.165, 1.54) is 0 Å². The van der Waals surface area contributed by atoms with Crippen LogP contribution in [0.3, 0.4) is 0 Å². The molecule has 0 amide bonds. The lowest BCUT2D eigenvalue weighted by atomic mass is 10.1. The molecule has 96 valence electrons. The van der Waals surface area contributed by atoms with Crippen molar-refractivity contribution in [1.82, 2.24) is 10.3 Å². The fourth-order valence-corrected chi connectivity index (χ4v) is 1.66. The van der Waals surface area contributed by atoms with Crippen molar-refractivity contribution in [1.29, 1.82) is 0 Å². The molecule has 0 aliphatic heterocycles. The maximum absolute atomic E-state index is 5.76. The number of ether oxygens (including phenoxy) is 1. The Morgan fingerprint density at radius 2 is 2.12 bits per heavy atom. The minimum Gasteiger partial charge on any atom is -0.477 e.